The molecule has 0 bridgehead atoms. The van der Waals surface area contributed by atoms with E-state index in [1.165, 1.54) is 0 Å². The number of pyridine rings is 1. The summed E-state index contributed by atoms with van der Waals surface area (Å²) in [4.78, 5) is 16.2. The molecule has 0 spiro atoms. The van der Waals surface area contributed by atoms with E-state index in [1.807, 2.05) is 61.5 Å². The molecular weight excluding hydrogens is 340 g/mol. The zero-order valence-corrected chi connectivity index (χ0v) is 15.4. The van der Waals surface area contributed by atoms with Crippen LogP contribution in [0.2, 0.25) is 0 Å². The second kappa shape index (κ2) is 8.85. The summed E-state index contributed by atoms with van der Waals surface area (Å²) in [5.41, 5.74) is 3.73. The number of nitrogens with zero attached hydrogens (tertiary/aromatic N) is 1. The van der Waals surface area contributed by atoms with Gasteiger partial charge in [0.1, 0.15) is 6.61 Å². The molecule has 1 aromatic heterocycles. The van der Waals surface area contributed by atoms with Crippen LogP contribution in [-0.4, -0.2) is 18.0 Å². The Bertz CT molecular complexity index is 893. The van der Waals surface area contributed by atoms with E-state index in [1.54, 1.807) is 19.5 Å². The Kier molecular flexibility index (Phi) is 6.05. The SMILES string of the molecule is COc1cc(CNC(=O)c2ccc(C)cc2)ccc1OCc1ccncc1. The minimum Gasteiger partial charge on any atom is -0.493 e. The second-order valence-electron chi connectivity index (χ2n) is 6.18. The van der Waals surface area contributed by atoms with E-state index in [2.05, 4.69) is 10.3 Å². The summed E-state index contributed by atoms with van der Waals surface area (Å²) >= 11 is 0. The van der Waals surface area contributed by atoms with Crippen LogP contribution in [0.3, 0.4) is 0 Å². The smallest absolute Gasteiger partial charge is 0.251 e. The van der Waals surface area contributed by atoms with Crippen molar-refractivity contribution in [3.05, 3.63) is 89.2 Å². The number of rotatable bonds is 7. The lowest BCUT2D eigenvalue weighted by Crippen LogP contribution is -2.22. The molecule has 5 nitrogen and oxygen atoms in total. The summed E-state index contributed by atoms with van der Waals surface area (Å²) < 4.78 is 11.3. The first-order chi connectivity index (χ1) is 13.2. The molecule has 1 heterocycles. The topological polar surface area (TPSA) is 60.5 Å². The van der Waals surface area contributed by atoms with Crippen molar-refractivity contribution >= 4 is 5.91 Å². The number of methoxy groups -OCH3 is 1. The molecule has 3 aromatic rings. The van der Waals surface area contributed by atoms with E-state index in [0.717, 1.165) is 16.7 Å². The van der Waals surface area contributed by atoms with Crippen molar-refractivity contribution in [2.24, 2.45) is 0 Å². The van der Waals surface area contributed by atoms with Crippen LogP contribution in [-0.2, 0) is 13.2 Å². The molecule has 0 saturated carbocycles. The fraction of sp³-hybridized carbons (Fsp3) is 0.182. The Morgan fingerprint density at radius 3 is 2.41 bits per heavy atom. The van der Waals surface area contributed by atoms with Crippen LogP contribution in [0.4, 0.5) is 0 Å². The van der Waals surface area contributed by atoms with Crippen LogP contribution in [0.5, 0.6) is 11.5 Å². The van der Waals surface area contributed by atoms with Crippen molar-refractivity contribution in [3.8, 4) is 11.5 Å². The number of amides is 1. The molecular formula is C22H22N2O3. The van der Waals surface area contributed by atoms with Gasteiger partial charge in [-0.3, -0.25) is 9.78 Å². The van der Waals surface area contributed by atoms with Gasteiger partial charge in [0, 0.05) is 24.5 Å². The third kappa shape index (κ3) is 5.07. The van der Waals surface area contributed by atoms with Gasteiger partial charge in [-0.25, -0.2) is 0 Å². The Balaban J connectivity index is 1.61. The molecule has 138 valence electrons. The fourth-order valence-corrected chi connectivity index (χ4v) is 2.57. The van der Waals surface area contributed by atoms with Crippen molar-refractivity contribution < 1.29 is 14.3 Å². The van der Waals surface area contributed by atoms with Gasteiger partial charge in [-0.1, -0.05) is 23.8 Å². The highest BCUT2D eigenvalue weighted by atomic mass is 16.5. The van der Waals surface area contributed by atoms with Crippen LogP contribution in [0.1, 0.15) is 27.0 Å². The first-order valence-corrected chi connectivity index (χ1v) is 8.69. The minimum atomic E-state index is -0.105. The quantitative estimate of drug-likeness (QED) is 0.692. The second-order valence-corrected chi connectivity index (χ2v) is 6.18. The van der Waals surface area contributed by atoms with E-state index in [-0.39, 0.29) is 5.91 Å². The number of hydrogen-bond acceptors (Lipinski definition) is 4. The molecule has 0 atom stereocenters. The lowest BCUT2D eigenvalue weighted by Gasteiger charge is -2.13. The molecule has 0 aliphatic heterocycles. The molecule has 3 rings (SSSR count). The average molecular weight is 362 g/mol. The molecule has 1 N–H and O–H groups in total. The van der Waals surface area contributed by atoms with Crippen LogP contribution < -0.4 is 14.8 Å². The van der Waals surface area contributed by atoms with Gasteiger partial charge in [-0.15, -0.1) is 0 Å². The highest BCUT2D eigenvalue weighted by molar-refractivity contribution is 5.94. The third-order valence-electron chi connectivity index (χ3n) is 4.14. The van der Waals surface area contributed by atoms with Crippen molar-refractivity contribution in [1.29, 1.82) is 0 Å². The lowest BCUT2D eigenvalue weighted by molar-refractivity contribution is 0.0951. The molecule has 5 heteroatoms. The summed E-state index contributed by atoms with van der Waals surface area (Å²) in [6, 6.07) is 16.9. The Morgan fingerprint density at radius 1 is 0.963 bits per heavy atom. The summed E-state index contributed by atoms with van der Waals surface area (Å²) in [7, 11) is 1.60. The highest BCUT2D eigenvalue weighted by Gasteiger charge is 2.09. The first kappa shape index (κ1) is 18.5. The zero-order chi connectivity index (χ0) is 19.1. The van der Waals surface area contributed by atoms with Gasteiger partial charge < -0.3 is 14.8 Å². The summed E-state index contributed by atoms with van der Waals surface area (Å²) in [6.45, 7) is 2.84. The van der Waals surface area contributed by atoms with Crippen LogP contribution in [0.25, 0.3) is 0 Å². The van der Waals surface area contributed by atoms with Gasteiger partial charge in [-0.05, 0) is 54.4 Å². The van der Waals surface area contributed by atoms with Gasteiger partial charge >= 0.3 is 0 Å². The largest absolute Gasteiger partial charge is 0.493 e. The molecule has 27 heavy (non-hydrogen) atoms. The molecule has 0 fully saturated rings. The van der Waals surface area contributed by atoms with Crippen molar-refractivity contribution in [2.75, 3.05) is 7.11 Å². The number of nitrogens with one attached hydrogen (secondary N) is 1. The molecule has 0 radical (unpaired) electrons. The maximum Gasteiger partial charge on any atom is 0.251 e. The fourth-order valence-electron chi connectivity index (χ4n) is 2.57. The highest BCUT2D eigenvalue weighted by Crippen LogP contribution is 2.28. The number of aromatic nitrogens is 1. The number of aryl methyl sites for hydroxylation is 1. The predicted octanol–water partition coefficient (Wildman–Crippen LogP) is 3.91. The number of benzene rings is 2. The Labute approximate surface area is 159 Å². The standard InChI is InChI=1S/C22H22N2O3/c1-16-3-6-19(7-4-16)22(25)24-14-18-5-8-20(21(13-18)26-2)27-15-17-9-11-23-12-10-17/h3-13H,14-15H2,1-2H3,(H,24,25). The van der Waals surface area contributed by atoms with E-state index in [4.69, 9.17) is 9.47 Å². The number of ether oxygens (including phenoxy) is 2. The molecule has 0 unspecified atom stereocenters. The molecule has 0 aliphatic rings. The van der Waals surface area contributed by atoms with Crippen LogP contribution in [0.15, 0.2) is 67.0 Å². The number of hydrogen-bond donors (Lipinski definition) is 1. The maximum absolute atomic E-state index is 12.2. The van der Waals surface area contributed by atoms with Crippen molar-refractivity contribution in [1.82, 2.24) is 10.3 Å². The number of carbonyl (C=O) groups is 1. The van der Waals surface area contributed by atoms with Gasteiger partial charge in [0.15, 0.2) is 11.5 Å². The zero-order valence-electron chi connectivity index (χ0n) is 15.4. The minimum absolute atomic E-state index is 0.105. The van der Waals surface area contributed by atoms with E-state index < -0.39 is 0 Å². The molecule has 0 aliphatic carbocycles. The van der Waals surface area contributed by atoms with Crippen LogP contribution in [0, 0.1) is 6.92 Å². The van der Waals surface area contributed by atoms with Gasteiger partial charge in [0.05, 0.1) is 7.11 Å². The Morgan fingerprint density at radius 2 is 1.70 bits per heavy atom. The van der Waals surface area contributed by atoms with Gasteiger partial charge in [0.25, 0.3) is 5.91 Å². The lowest BCUT2D eigenvalue weighted by atomic mass is 10.1. The first-order valence-electron chi connectivity index (χ1n) is 8.69. The normalized spacial score (nSPS) is 10.3. The van der Waals surface area contributed by atoms with E-state index >= 15 is 0 Å². The summed E-state index contributed by atoms with van der Waals surface area (Å²) in [5.74, 6) is 1.18. The maximum atomic E-state index is 12.2. The Hall–Kier alpha value is -3.34. The van der Waals surface area contributed by atoms with Gasteiger partial charge in [0.2, 0.25) is 0 Å². The monoisotopic (exact) mass is 362 g/mol. The van der Waals surface area contributed by atoms with Crippen molar-refractivity contribution in [2.45, 2.75) is 20.1 Å². The average Bonchev–Trinajstić information content (AvgIpc) is 2.72. The molecule has 2 aromatic carbocycles. The number of carbonyl (C=O) groups excluding carboxylic acids is 1. The molecule has 1 amide bonds. The van der Waals surface area contributed by atoms with Gasteiger partial charge in [-0.2, -0.15) is 0 Å². The molecule has 0 saturated heterocycles. The summed E-state index contributed by atoms with van der Waals surface area (Å²) in [5, 5.41) is 2.92. The van der Waals surface area contributed by atoms with Crippen LogP contribution >= 0.6 is 0 Å². The third-order valence-corrected chi connectivity index (χ3v) is 4.14. The predicted molar refractivity (Wildman–Crippen MR) is 104 cm³/mol. The van der Waals surface area contributed by atoms with E-state index in [0.29, 0.717) is 30.2 Å². The van der Waals surface area contributed by atoms with Crippen molar-refractivity contribution in [3.63, 3.8) is 0 Å². The summed E-state index contributed by atoms with van der Waals surface area (Å²) in [6.07, 6.45) is 3.46. The van der Waals surface area contributed by atoms with E-state index in [9.17, 15) is 4.79 Å².